The number of rotatable bonds is 5. The molecule has 29 heavy (non-hydrogen) atoms. The van der Waals surface area contributed by atoms with Gasteiger partial charge in [0.1, 0.15) is 5.75 Å². The first-order valence-electron chi connectivity index (χ1n) is 9.65. The smallest absolute Gasteiger partial charge is 0.260 e. The summed E-state index contributed by atoms with van der Waals surface area (Å²) in [7, 11) is 0. The first kappa shape index (κ1) is 19.6. The molecule has 1 fully saturated rings. The molecule has 4 rings (SSSR count). The number of hydrogen-bond acceptors (Lipinski definition) is 6. The molecule has 0 atom stereocenters. The maximum Gasteiger partial charge on any atom is 0.260 e. The number of ether oxygens (including phenoxy) is 1. The summed E-state index contributed by atoms with van der Waals surface area (Å²) in [5, 5.41) is 1.86. The largest absolute Gasteiger partial charge is 0.484 e. The van der Waals surface area contributed by atoms with Gasteiger partial charge in [-0.2, -0.15) is 0 Å². The molecule has 3 aromatic rings. The van der Waals surface area contributed by atoms with Crippen molar-refractivity contribution in [3.05, 3.63) is 63.0 Å². The molecule has 1 amide bonds. The van der Waals surface area contributed by atoms with Gasteiger partial charge in [0.2, 0.25) is 0 Å². The van der Waals surface area contributed by atoms with Crippen LogP contribution in [0.2, 0.25) is 0 Å². The summed E-state index contributed by atoms with van der Waals surface area (Å²) in [5.74, 6) is 0.755. The Hall–Kier alpha value is -2.71. The Balaban J connectivity index is 1.29. The number of hydrogen-bond donors (Lipinski definition) is 0. The lowest BCUT2D eigenvalue weighted by atomic mass is 10.1. The van der Waals surface area contributed by atoms with Crippen LogP contribution in [0.1, 0.15) is 16.8 Å². The van der Waals surface area contributed by atoms with E-state index in [-0.39, 0.29) is 18.1 Å². The summed E-state index contributed by atoms with van der Waals surface area (Å²) in [5.41, 5.74) is 2.93. The number of piperazine rings is 1. The van der Waals surface area contributed by atoms with Crippen LogP contribution in [0.15, 0.2) is 40.6 Å². The van der Waals surface area contributed by atoms with E-state index in [2.05, 4.69) is 9.88 Å². The fourth-order valence-electron chi connectivity index (χ4n) is 3.55. The van der Waals surface area contributed by atoms with Crippen molar-refractivity contribution in [2.45, 2.75) is 20.4 Å². The van der Waals surface area contributed by atoms with Crippen LogP contribution in [0.3, 0.4) is 0 Å². The fraction of sp³-hybridized carbons (Fsp3) is 0.381. The molecule has 152 valence electrons. The highest BCUT2D eigenvalue weighted by atomic mass is 32.1. The standard InChI is InChI=1S/C21H24N4O3S/c1-15-3-4-18(16(2)11-15)28-14-20(27)24-7-5-23(6-8-24)13-17-12-19(26)25-9-10-29-21(25)22-17/h3-4,9-12H,5-8,13-14H2,1-2H3. The average molecular weight is 413 g/mol. The van der Waals surface area contributed by atoms with Gasteiger partial charge in [-0.3, -0.25) is 18.9 Å². The number of carbonyl (C=O) groups is 1. The topological polar surface area (TPSA) is 67.2 Å². The van der Waals surface area contributed by atoms with Crippen LogP contribution >= 0.6 is 11.3 Å². The van der Waals surface area contributed by atoms with Crippen LogP contribution in [-0.2, 0) is 11.3 Å². The van der Waals surface area contributed by atoms with E-state index >= 15 is 0 Å². The molecule has 0 bridgehead atoms. The minimum absolute atomic E-state index is 0.000926. The zero-order chi connectivity index (χ0) is 20.4. The van der Waals surface area contributed by atoms with Gasteiger partial charge in [0.25, 0.3) is 11.5 Å². The zero-order valence-corrected chi connectivity index (χ0v) is 17.4. The van der Waals surface area contributed by atoms with Crippen molar-refractivity contribution in [3.63, 3.8) is 0 Å². The fourth-order valence-corrected chi connectivity index (χ4v) is 4.28. The highest BCUT2D eigenvalue weighted by Gasteiger charge is 2.22. The maximum absolute atomic E-state index is 12.5. The van der Waals surface area contributed by atoms with E-state index in [1.807, 2.05) is 42.3 Å². The van der Waals surface area contributed by atoms with Gasteiger partial charge in [-0.05, 0) is 25.5 Å². The van der Waals surface area contributed by atoms with E-state index in [1.54, 1.807) is 16.7 Å². The average Bonchev–Trinajstić information content (AvgIpc) is 3.17. The second-order valence-corrected chi connectivity index (χ2v) is 8.23. The van der Waals surface area contributed by atoms with Crippen LogP contribution < -0.4 is 10.3 Å². The van der Waals surface area contributed by atoms with E-state index in [1.165, 1.54) is 16.9 Å². The summed E-state index contributed by atoms with van der Waals surface area (Å²) in [6, 6.07) is 7.54. The zero-order valence-electron chi connectivity index (χ0n) is 16.6. The summed E-state index contributed by atoms with van der Waals surface area (Å²) in [6.45, 7) is 7.49. The van der Waals surface area contributed by atoms with Crippen molar-refractivity contribution in [2.75, 3.05) is 32.8 Å². The van der Waals surface area contributed by atoms with Crippen molar-refractivity contribution in [3.8, 4) is 5.75 Å². The Kier molecular flexibility index (Phi) is 5.64. The van der Waals surface area contributed by atoms with Gasteiger partial charge in [-0.15, -0.1) is 11.3 Å². The van der Waals surface area contributed by atoms with Crippen LogP contribution in [0.4, 0.5) is 0 Å². The third-order valence-corrected chi connectivity index (χ3v) is 5.91. The van der Waals surface area contributed by atoms with Crippen LogP contribution in [0, 0.1) is 13.8 Å². The van der Waals surface area contributed by atoms with Crippen LogP contribution in [-0.4, -0.2) is 57.9 Å². The van der Waals surface area contributed by atoms with Gasteiger partial charge in [0, 0.05) is 50.4 Å². The van der Waals surface area contributed by atoms with Gasteiger partial charge in [0.05, 0.1) is 5.69 Å². The van der Waals surface area contributed by atoms with E-state index < -0.39 is 0 Å². The number of nitrogens with zero attached hydrogens (tertiary/aromatic N) is 4. The minimum atomic E-state index is -0.0522. The van der Waals surface area contributed by atoms with Gasteiger partial charge >= 0.3 is 0 Å². The SMILES string of the molecule is Cc1ccc(OCC(=O)N2CCN(Cc3cc(=O)n4ccsc4n3)CC2)c(C)c1. The number of benzene rings is 1. The summed E-state index contributed by atoms with van der Waals surface area (Å²) in [6.07, 6.45) is 1.74. The Bertz CT molecular complexity index is 1080. The maximum atomic E-state index is 12.5. The molecule has 7 nitrogen and oxygen atoms in total. The Morgan fingerprint density at radius 3 is 2.72 bits per heavy atom. The number of aromatic nitrogens is 2. The minimum Gasteiger partial charge on any atom is -0.484 e. The number of thiazole rings is 1. The number of amides is 1. The molecular weight excluding hydrogens is 388 g/mol. The molecule has 1 aromatic carbocycles. The van der Waals surface area contributed by atoms with Gasteiger partial charge in [0.15, 0.2) is 11.6 Å². The van der Waals surface area contributed by atoms with Crippen LogP contribution in [0.25, 0.3) is 4.96 Å². The summed E-state index contributed by atoms with van der Waals surface area (Å²) < 4.78 is 7.28. The Morgan fingerprint density at radius 1 is 1.17 bits per heavy atom. The Labute approximate surface area is 173 Å². The molecule has 1 saturated heterocycles. The number of carbonyl (C=O) groups excluding carboxylic acids is 1. The third-order valence-electron chi connectivity index (χ3n) is 5.15. The number of aryl methyl sites for hydroxylation is 2. The van der Waals surface area contributed by atoms with E-state index in [0.717, 1.165) is 30.1 Å². The van der Waals surface area contributed by atoms with Gasteiger partial charge in [-0.1, -0.05) is 17.7 Å². The molecular formula is C21H24N4O3S. The molecule has 3 heterocycles. The molecule has 2 aromatic heterocycles. The van der Waals surface area contributed by atoms with Gasteiger partial charge < -0.3 is 9.64 Å². The van der Waals surface area contributed by atoms with Crippen LogP contribution in [0.5, 0.6) is 5.75 Å². The molecule has 1 aliphatic rings. The van der Waals surface area contributed by atoms with Crippen molar-refractivity contribution in [1.29, 1.82) is 0 Å². The van der Waals surface area contributed by atoms with Crippen molar-refractivity contribution in [1.82, 2.24) is 19.2 Å². The lowest BCUT2D eigenvalue weighted by molar-refractivity contribution is -0.135. The van der Waals surface area contributed by atoms with E-state index in [4.69, 9.17) is 4.74 Å². The molecule has 0 saturated carbocycles. The lowest BCUT2D eigenvalue weighted by Crippen LogP contribution is -2.49. The second-order valence-electron chi connectivity index (χ2n) is 7.36. The molecule has 0 N–H and O–H groups in total. The highest BCUT2D eigenvalue weighted by molar-refractivity contribution is 7.15. The molecule has 0 spiro atoms. The van der Waals surface area contributed by atoms with E-state index in [9.17, 15) is 9.59 Å². The first-order valence-corrected chi connectivity index (χ1v) is 10.5. The molecule has 0 unspecified atom stereocenters. The predicted octanol–water partition coefficient (Wildman–Crippen LogP) is 2.10. The van der Waals surface area contributed by atoms with Crippen molar-refractivity contribution in [2.24, 2.45) is 0 Å². The summed E-state index contributed by atoms with van der Waals surface area (Å²) in [4.78, 5) is 34.0. The molecule has 8 heteroatoms. The quantitative estimate of drug-likeness (QED) is 0.642. The predicted molar refractivity (Wildman–Crippen MR) is 113 cm³/mol. The van der Waals surface area contributed by atoms with E-state index in [0.29, 0.717) is 24.6 Å². The summed E-state index contributed by atoms with van der Waals surface area (Å²) >= 11 is 1.45. The highest BCUT2D eigenvalue weighted by Crippen LogP contribution is 2.19. The Morgan fingerprint density at radius 2 is 1.97 bits per heavy atom. The molecule has 0 aliphatic carbocycles. The monoisotopic (exact) mass is 412 g/mol. The normalized spacial score (nSPS) is 15.0. The number of fused-ring (bicyclic) bond motifs is 1. The van der Waals surface area contributed by atoms with Gasteiger partial charge in [-0.25, -0.2) is 4.98 Å². The molecule has 0 radical (unpaired) electrons. The third kappa shape index (κ3) is 4.49. The molecule has 1 aliphatic heterocycles. The first-order chi connectivity index (χ1) is 14.0. The van der Waals surface area contributed by atoms with Crippen molar-refractivity contribution < 1.29 is 9.53 Å². The second kappa shape index (κ2) is 8.34. The van der Waals surface area contributed by atoms with Crippen molar-refractivity contribution >= 4 is 22.2 Å². The lowest BCUT2D eigenvalue weighted by Gasteiger charge is -2.34.